The number of carbonyl (C=O) groups excluding carboxylic acids is 2. The lowest BCUT2D eigenvalue weighted by Gasteiger charge is -2.29. The van der Waals surface area contributed by atoms with E-state index in [0.717, 1.165) is 66.5 Å². The van der Waals surface area contributed by atoms with Crippen LogP contribution < -0.4 is 10.6 Å². The number of amides is 2. The van der Waals surface area contributed by atoms with Crippen LogP contribution in [0.1, 0.15) is 98.3 Å². The molecule has 4 aromatic heterocycles. The van der Waals surface area contributed by atoms with Crippen molar-refractivity contribution >= 4 is 69.1 Å². The highest BCUT2D eigenvalue weighted by Gasteiger charge is 2.35. The second-order valence-electron chi connectivity index (χ2n) is 17.6. The smallest absolute Gasteiger partial charge is 0.222 e. The minimum absolute atomic E-state index is 0.0595. The minimum Gasteiger partial charge on any atom is -0.379 e. The summed E-state index contributed by atoms with van der Waals surface area (Å²) in [6, 6.07) is 14.0. The predicted octanol–water partition coefficient (Wildman–Crippen LogP) is 8.29. The number of halogens is 2. The minimum atomic E-state index is -0.590. The molecular weight excluding hydrogens is 960 g/mol. The molecule has 16 nitrogen and oxygen atoms in total. The van der Waals surface area contributed by atoms with Crippen LogP contribution in [0.2, 0.25) is 10.0 Å². The van der Waals surface area contributed by atoms with E-state index >= 15 is 0 Å². The Morgan fingerprint density at radius 2 is 1.04 bits per heavy atom. The maximum Gasteiger partial charge on any atom is 0.222 e. The molecule has 2 aliphatic rings. The lowest BCUT2D eigenvalue weighted by molar-refractivity contribution is -0.122. The number of aromatic nitrogens is 6. The molecule has 0 spiro atoms. The Labute approximate surface area is 419 Å². The third kappa shape index (κ3) is 11.1. The Bertz CT molecular complexity index is 2700. The monoisotopic (exact) mass is 1010 g/mol. The number of hydrogen-bond acceptors (Lipinski definition) is 14. The van der Waals surface area contributed by atoms with Gasteiger partial charge in [0.15, 0.2) is 11.6 Å². The number of carbonyl (C=O) groups is 2. The van der Waals surface area contributed by atoms with Crippen molar-refractivity contribution in [2.75, 3.05) is 60.0 Å². The SMILES string of the molecule is COCOCC(C)(COCCNC(=O)C[C@@H]1N=C(c2ccc(Cl)cc2)c2c(sc(C)c2C)-n2c(C)nnc21)COCCNC(=O)C[C@@H]1N=C(c2ccc(Cl)cc2)c2c(sc(C)c2C)-n2c(C)nnc21. The van der Waals surface area contributed by atoms with E-state index in [-0.39, 0.29) is 71.0 Å². The highest BCUT2D eigenvalue weighted by Crippen LogP contribution is 2.41. The molecular formula is C49H56Cl2N10O6S2. The van der Waals surface area contributed by atoms with E-state index in [1.54, 1.807) is 29.8 Å². The van der Waals surface area contributed by atoms with Crippen LogP contribution in [0.15, 0.2) is 58.5 Å². The maximum absolute atomic E-state index is 13.6. The predicted molar refractivity (Wildman–Crippen MR) is 269 cm³/mol. The van der Waals surface area contributed by atoms with Gasteiger partial charge in [0, 0.05) is 67.7 Å². The van der Waals surface area contributed by atoms with Gasteiger partial charge in [-0.15, -0.1) is 43.1 Å². The first-order chi connectivity index (χ1) is 33.2. The molecule has 0 saturated carbocycles. The molecule has 69 heavy (non-hydrogen) atoms. The number of fused-ring (bicyclic) bond motifs is 6. The van der Waals surface area contributed by atoms with Crippen LogP contribution in [-0.4, -0.2) is 113 Å². The van der Waals surface area contributed by atoms with E-state index in [9.17, 15) is 9.59 Å². The van der Waals surface area contributed by atoms with E-state index < -0.39 is 17.5 Å². The molecule has 20 heteroatoms. The standard InChI is InChI=1S/C49H56Cl2N10O6S2/c1-27-29(3)68-47-41(27)43(33-9-13-35(50)14-10-33)54-37(45-58-56-31(5)60(45)47)21-39(62)52-17-19-65-23-49(7,25-67-26-64-8)24-66-20-18-53-40(63)22-38-46-59-57-32(6)61(46)48-42(28(2)30(4)69-48)44(55-38)34-11-15-36(51)16-12-34/h9-16,37-38H,17-26H2,1-8H3,(H,52,62)(H,53,63)/t37-,38-/m0/s1. The highest BCUT2D eigenvalue weighted by molar-refractivity contribution is 7.15. The number of aliphatic imine (C=N–C) groups is 2. The Balaban J connectivity index is 0.845. The summed E-state index contributed by atoms with van der Waals surface area (Å²) in [6.07, 6.45) is 0.119. The molecule has 2 aliphatic heterocycles. The molecule has 0 unspecified atom stereocenters. The first-order valence-corrected chi connectivity index (χ1v) is 25.0. The fourth-order valence-electron chi connectivity index (χ4n) is 8.42. The summed E-state index contributed by atoms with van der Waals surface area (Å²) in [7, 11) is 1.56. The number of nitrogens with zero attached hydrogens (tertiary/aromatic N) is 8. The van der Waals surface area contributed by atoms with E-state index in [1.807, 2.05) is 78.4 Å². The summed E-state index contributed by atoms with van der Waals surface area (Å²) in [5, 5.41) is 27.1. The average Bonchev–Trinajstić information content (AvgIpc) is 4.01. The molecule has 0 radical (unpaired) electrons. The van der Waals surface area contributed by atoms with E-state index in [1.165, 1.54) is 9.75 Å². The van der Waals surface area contributed by atoms with Gasteiger partial charge in [-0.25, -0.2) is 0 Å². The number of nitrogens with one attached hydrogen (secondary N) is 2. The van der Waals surface area contributed by atoms with E-state index in [4.69, 9.17) is 52.1 Å². The number of thiophene rings is 2. The summed E-state index contributed by atoms with van der Waals surface area (Å²) in [5.41, 5.74) is 7.05. The van der Waals surface area contributed by atoms with Crippen molar-refractivity contribution in [2.24, 2.45) is 15.4 Å². The molecule has 6 aromatic rings. The van der Waals surface area contributed by atoms with Crippen LogP contribution in [0.5, 0.6) is 0 Å². The largest absolute Gasteiger partial charge is 0.379 e. The van der Waals surface area contributed by atoms with Crippen LogP contribution >= 0.6 is 45.9 Å². The summed E-state index contributed by atoms with van der Waals surface area (Å²) >= 11 is 15.9. The van der Waals surface area contributed by atoms with Crippen LogP contribution in [-0.2, 0) is 28.5 Å². The number of benzene rings is 2. The van der Waals surface area contributed by atoms with Gasteiger partial charge in [-0.2, -0.15) is 0 Å². The Morgan fingerprint density at radius 1 is 0.638 bits per heavy atom. The van der Waals surface area contributed by atoms with Gasteiger partial charge in [-0.3, -0.25) is 28.7 Å². The van der Waals surface area contributed by atoms with Gasteiger partial charge in [0.05, 0.1) is 57.3 Å². The molecule has 0 fully saturated rings. The van der Waals surface area contributed by atoms with Gasteiger partial charge in [0.1, 0.15) is 40.5 Å². The molecule has 2 aromatic carbocycles. The van der Waals surface area contributed by atoms with E-state index in [2.05, 4.69) is 58.7 Å². The van der Waals surface area contributed by atoms with Crippen molar-refractivity contribution in [1.29, 1.82) is 0 Å². The lowest BCUT2D eigenvalue weighted by Crippen LogP contribution is -2.37. The topological polar surface area (TPSA) is 181 Å². The third-order valence-corrected chi connectivity index (χ3v) is 15.1. The number of hydrogen-bond donors (Lipinski definition) is 2. The van der Waals surface area contributed by atoms with Crippen molar-refractivity contribution in [1.82, 2.24) is 40.2 Å². The van der Waals surface area contributed by atoms with Gasteiger partial charge >= 0.3 is 0 Å². The molecule has 0 saturated heterocycles. The fourth-order valence-corrected chi connectivity index (χ4v) is 11.1. The van der Waals surface area contributed by atoms with Crippen LogP contribution in [0.25, 0.3) is 10.0 Å². The third-order valence-electron chi connectivity index (χ3n) is 12.2. The second-order valence-corrected chi connectivity index (χ2v) is 20.9. The van der Waals surface area contributed by atoms with Crippen molar-refractivity contribution in [3.05, 3.63) is 125 Å². The zero-order valence-corrected chi connectivity index (χ0v) is 43.1. The van der Waals surface area contributed by atoms with Crippen molar-refractivity contribution in [3.8, 4) is 10.0 Å². The summed E-state index contributed by atoms with van der Waals surface area (Å²) in [5.74, 6) is 2.27. The number of methoxy groups -OCH3 is 1. The highest BCUT2D eigenvalue weighted by atomic mass is 35.5. The second kappa shape index (κ2) is 21.9. The van der Waals surface area contributed by atoms with Crippen LogP contribution in [0.3, 0.4) is 0 Å². The summed E-state index contributed by atoms with van der Waals surface area (Å²) in [4.78, 5) is 39.9. The Kier molecular flexibility index (Phi) is 15.9. The van der Waals surface area contributed by atoms with Gasteiger partial charge in [0.25, 0.3) is 0 Å². The first-order valence-electron chi connectivity index (χ1n) is 22.6. The zero-order valence-electron chi connectivity index (χ0n) is 39.9. The average molecular weight is 1020 g/mol. The molecule has 0 bridgehead atoms. The molecule has 2 atom stereocenters. The van der Waals surface area contributed by atoms with Crippen LogP contribution in [0.4, 0.5) is 0 Å². The molecule has 6 heterocycles. The number of aryl methyl sites for hydroxylation is 4. The van der Waals surface area contributed by atoms with Crippen molar-refractivity contribution in [2.45, 2.75) is 73.4 Å². The Hall–Kier alpha value is -5.18. The van der Waals surface area contributed by atoms with Crippen molar-refractivity contribution < 1.29 is 28.5 Å². The lowest BCUT2D eigenvalue weighted by atomic mass is 9.94. The number of rotatable bonds is 20. The van der Waals surface area contributed by atoms with Crippen LogP contribution in [0, 0.1) is 47.0 Å². The summed E-state index contributed by atoms with van der Waals surface area (Å²) < 4.78 is 27.2. The number of ether oxygens (including phenoxy) is 4. The molecule has 8 rings (SSSR count). The molecule has 2 amide bonds. The summed E-state index contributed by atoms with van der Waals surface area (Å²) in [6.45, 7) is 16.2. The maximum atomic E-state index is 13.6. The van der Waals surface area contributed by atoms with Gasteiger partial charge in [-0.05, 0) is 76.9 Å². The molecule has 0 aliphatic carbocycles. The molecule has 364 valence electrons. The fraction of sp³-hybridized carbons (Fsp3) is 0.429. The zero-order chi connectivity index (χ0) is 49.0. The molecule has 2 N–H and O–H groups in total. The Morgan fingerprint density at radius 3 is 1.45 bits per heavy atom. The normalized spacial score (nSPS) is 15.3. The van der Waals surface area contributed by atoms with Gasteiger partial charge in [-0.1, -0.05) is 54.4 Å². The van der Waals surface area contributed by atoms with Crippen molar-refractivity contribution in [3.63, 3.8) is 0 Å². The van der Waals surface area contributed by atoms with Gasteiger partial charge < -0.3 is 29.6 Å². The van der Waals surface area contributed by atoms with Gasteiger partial charge in [0.2, 0.25) is 11.8 Å². The first kappa shape index (κ1) is 50.2. The van der Waals surface area contributed by atoms with E-state index in [0.29, 0.717) is 28.3 Å². The quantitative estimate of drug-likeness (QED) is 0.0558.